The summed E-state index contributed by atoms with van der Waals surface area (Å²) in [6, 6.07) is -1.17. The second kappa shape index (κ2) is 6.78. The Morgan fingerprint density at radius 2 is 1.82 bits per heavy atom. The lowest BCUT2D eigenvalue weighted by molar-refractivity contribution is -0.140. The maximum Gasteiger partial charge on any atom is 0.322 e. The second-order valence-electron chi connectivity index (χ2n) is 6.26. The number of sulfonamides is 1. The van der Waals surface area contributed by atoms with E-state index in [1.165, 1.54) is 0 Å². The fourth-order valence-corrected chi connectivity index (χ4v) is 4.04. The van der Waals surface area contributed by atoms with Crippen molar-refractivity contribution in [2.24, 2.45) is 11.8 Å². The van der Waals surface area contributed by atoms with Gasteiger partial charge in [-0.15, -0.1) is 0 Å². The monoisotopic (exact) mass is 331 g/mol. The summed E-state index contributed by atoms with van der Waals surface area (Å²) in [6.45, 7) is 11.2. The Hall–Kier alpha value is -1.41. The predicted octanol–water partition coefficient (Wildman–Crippen LogP) is 1.54. The molecule has 0 saturated carbocycles. The van der Waals surface area contributed by atoms with Gasteiger partial charge in [0.15, 0.2) is 0 Å². The lowest BCUT2D eigenvalue weighted by Gasteiger charge is -2.18. The summed E-state index contributed by atoms with van der Waals surface area (Å²) in [5.74, 6) is -1.23. The normalized spacial score (nSPS) is 13.8. The molecule has 126 valence electrons. The summed E-state index contributed by atoms with van der Waals surface area (Å²) < 4.78 is 29.1. The van der Waals surface area contributed by atoms with Gasteiger partial charge >= 0.3 is 5.97 Å². The third-order valence-electron chi connectivity index (χ3n) is 3.34. The van der Waals surface area contributed by atoms with Crippen LogP contribution in [-0.4, -0.2) is 35.3 Å². The Morgan fingerprint density at radius 1 is 1.27 bits per heavy atom. The molecule has 1 heterocycles. The van der Waals surface area contributed by atoms with Gasteiger partial charge in [-0.1, -0.05) is 27.7 Å². The molecule has 0 aromatic carbocycles. The first kappa shape index (κ1) is 18.6. The molecule has 1 rings (SSSR count). The zero-order chi connectivity index (χ0) is 17.2. The molecule has 0 bridgehead atoms. The number of rotatable bonds is 7. The Balaban J connectivity index is 3.23. The number of aryl methyl sites for hydroxylation is 1. The highest BCUT2D eigenvalue weighted by atomic mass is 32.2. The fraction of sp³-hybridized carbons (Fsp3) is 0.714. The first-order valence-corrected chi connectivity index (χ1v) is 8.74. The van der Waals surface area contributed by atoms with E-state index in [1.807, 2.05) is 13.8 Å². The summed E-state index contributed by atoms with van der Waals surface area (Å²) >= 11 is 0. The molecular weight excluding hydrogens is 306 g/mol. The SMILES string of the molecule is Cc1nn(CC(C)C)c(C)c1S(=O)(=O)NC(C(=O)O)C(C)C. The van der Waals surface area contributed by atoms with Crippen LogP contribution < -0.4 is 4.72 Å². The van der Waals surface area contributed by atoms with Gasteiger partial charge < -0.3 is 5.11 Å². The van der Waals surface area contributed by atoms with Crippen LogP contribution in [0.25, 0.3) is 0 Å². The summed E-state index contributed by atoms with van der Waals surface area (Å²) in [4.78, 5) is 11.3. The number of nitrogens with one attached hydrogen (secondary N) is 1. The van der Waals surface area contributed by atoms with Gasteiger partial charge in [-0.3, -0.25) is 9.48 Å². The summed E-state index contributed by atoms with van der Waals surface area (Å²) in [5.41, 5.74) is 0.894. The van der Waals surface area contributed by atoms with E-state index >= 15 is 0 Å². The van der Waals surface area contributed by atoms with E-state index < -0.39 is 22.0 Å². The summed E-state index contributed by atoms with van der Waals surface area (Å²) in [7, 11) is -3.94. The molecule has 1 atom stereocenters. The smallest absolute Gasteiger partial charge is 0.322 e. The zero-order valence-electron chi connectivity index (χ0n) is 13.9. The molecule has 0 aliphatic rings. The van der Waals surface area contributed by atoms with Crippen molar-refractivity contribution in [3.05, 3.63) is 11.4 Å². The van der Waals surface area contributed by atoms with Crippen molar-refractivity contribution in [3.8, 4) is 0 Å². The number of carboxylic acid groups (broad SMARTS) is 1. The predicted molar refractivity (Wildman–Crippen MR) is 83.1 cm³/mol. The van der Waals surface area contributed by atoms with E-state index in [4.69, 9.17) is 5.11 Å². The van der Waals surface area contributed by atoms with Crippen molar-refractivity contribution in [2.45, 2.75) is 59.0 Å². The topological polar surface area (TPSA) is 101 Å². The molecule has 0 aliphatic heterocycles. The van der Waals surface area contributed by atoms with E-state index in [0.29, 0.717) is 23.9 Å². The molecule has 7 nitrogen and oxygen atoms in total. The molecule has 0 amide bonds. The van der Waals surface area contributed by atoms with Gasteiger partial charge in [-0.25, -0.2) is 8.42 Å². The van der Waals surface area contributed by atoms with Crippen LogP contribution in [0.1, 0.15) is 39.1 Å². The minimum Gasteiger partial charge on any atom is -0.480 e. The number of hydrogen-bond donors (Lipinski definition) is 2. The molecule has 22 heavy (non-hydrogen) atoms. The zero-order valence-corrected chi connectivity index (χ0v) is 14.7. The molecule has 1 unspecified atom stereocenters. The van der Waals surface area contributed by atoms with Crippen molar-refractivity contribution in [1.29, 1.82) is 0 Å². The molecule has 1 aromatic rings. The maximum atomic E-state index is 12.6. The van der Waals surface area contributed by atoms with Gasteiger partial charge in [0.1, 0.15) is 10.9 Å². The van der Waals surface area contributed by atoms with Crippen LogP contribution in [-0.2, 0) is 21.4 Å². The van der Waals surface area contributed by atoms with Crippen LogP contribution in [0.15, 0.2) is 4.90 Å². The number of aromatic nitrogens is 2. The average molecular weight is 331 g/mol. The van der Waals surface area contributed by atoms with Gasteiger partial charge in [0.2, 0.25) is 10.0 Å². The summed E-state index contributed by atoms with van der Waals surface area (Å²) in [5, 5.41) is 13.4. The molecule has 0 saturated heterocycles. The lowest BCUT2D eigenvalue weighted by Crippen LogP contribution is -2.44. The first-order valence-electron chi connectivity index (χ1n) is 7.26. The van der Waals surface area contributed by atoms with Crippen molar-refractivity contribution in [1.82, 2.24) is 14.5 Å². The van der Waals surface area contributed by atoms with Gasteiger partial charge in [-0.2, -0.15) is 9.82 Å². The Kier molecular flexibility index (Phi) is 5.75. The fourth-order valence-electron chi connectivity index (χ4n) is 2.29. The average Bonchev–Trinajstić information content (AvgIpc) is 2.60. The lowest BCUT2D eigenvalue weighted by atomic mass is 10.1. The van der Waals surface area contributed by atoms with Crippen LogP contribution in [0.4, 0.5) is 0 Å². The second-order valence-corrected chi connectivity index (χ2v) is 7.91. The third-order valence-corrected chi connectivity index (χ3v) is 5.03. The number of hydrogen-bond acceptors (Lipinski definition) is 4. The quantitative estimate of drug-likeness (QED) is 0.789. The summed E-state index contributed by atoms with van der Waals surface area (Å²) in [6.07, 6.45) is 0. The molecule has 0 radical (unpaired) electrons. The molecule has 1 aromatic heterocycles. The first-order chi connectivity index (χ1) is 9.97. The maximum absolute atomic E-state index is 12.6. The molecule has 8 heteroatoms. The molecule has 2 N–H and O–H groups in total. The van der Waals surface area contributed by atoms with Crippen molar-refractivity contribution in [2.75, 3.05) is 0 Å². The van der Waals surface area contributed by atoms with Crippen LogP contribution >= 0.6 is 0 Å². The largest absolute Gasteiger partial charge is 0.480 e. The number of nitrogens with zero attached hydrogens (tertiary/aromatic N) is 2. The highest BCUT2D eigenvalue weighted by molar-refractivity contribution is 7.89. The van der Waals surface area contributed by atoms with E-state index in [1.54, 1.807) is 32.4 Å². The third kappa shape index (κ3) is 4.07. The highest BCUT2D eigenvalue weighted by Gasteiger charge is 2.31. The van der Waals surface area contributed by atoms with Crippen molar-refractivity contribution < 1.29 is 18.3 Å². The van der Waals surface area contributed by atoms with Crippen LogP contribution in [0.2, 0.25) is 0 Å². The highest BCUT2D eigenvalue weighted by Crippen LogP contribution is 2.21. The number of aliphatic carboxylic acids is 1. The Morgan fingerprint density at radius 3 is 2.23 bits per heavy atom. The number of carboxylic acids is 1. The standard InChI is InChI=1S/C14H25N3O4S/c1-8(2)7-17-11(6)13(10(5)15-17)22(20,21)16-12(9(3)4)14(18)19/h8-9,12,16H,7H2,1-6H3,(H,18,19). The molecule has 0 fully saturated rings. The van der Waals surface area contributed by atoms with Gasteiger partial charge in [0.25, 0.3) is 0 Å². The van der Waals surface area contributed by atoms with Crippen LogP contribution in [0, 0.1) is 25.7 Å². The van der Waals surface area contributed by atoms with Gasteiger partial charge in [0.05, 0.1) is 11.4 Å². The van der Waals surface area contributed by atoms with E-state index in [2.05, 4.69) is 9.82 Å². The minimum atomic E-state index is -3.94. The van der Waals surface area contributed by atoms with E-state index in [-0.39, 0.29) is 10.8 Å². The Bertz CT molecular complexity index is 647. The van der Waals surface area contributed by atoms with Crippen LogP contribution in [0.3, 0.4) is 0 Å². The van der Waals surface area contributed by atoms with Crippen molar-refractivity contribution in [3.63, 3.8) is 0 Å². The van der Waals surface area contributed by atoms with E-state index in [0.717, 1.165) is 0 Å². The van der Waals surface area contributed by atoms with Crippen LogP contribution in [0.5, 0.6) is 0 Å². The van der Waals surface area contributed by atoms with Gasteiger partial charge in [-0.05, 0) is 25.7 Å². The van der Waals surface area contributed by atoms with Crippen molar-refractivity contribution >= 4 is 16.0 Å². The van der Waals surface area contributed by atoms with Gasteiger partial charge in [0, 0.05) is 6.54 Å². The Labute approximate surface area is 131 Å². The molecular formula is C14H25N3O4S. The molecule has 0 aliphatic carbocycles. The van der Waals surface area contributed by atoms with E-state index in [9.17, 15) is 13.2 Å². The minimum absolute atomic E-state index is 0.0695. The number of carbonyl (C=O) groups is 1. The molecule has 0 spiro atoms.